The van der Waals surface area contributed by atoms with Crippen LogP contribution in [-0.2, 0) is 14.3 Å². The zero-order valence-corrected chi connectivity index (χ0v) is 10.5. The molecule has 0 aromatic rings. The SMILES string of the molecule is C[C@H]1CN(C(=O)COC[C@H]2CCCO2)CCN1. The van der Waals surface area contributed by atoms with E-state index < -0.39 is 0 Å². The van der Waals surface area contributed by atoms with Crippen molar-refractivity contribution in [3.05, 3.63) is 0 Å². The van der Waals surface area contributed by atoms with Crippen LogP contribution in [0.5, 0.6) is 0 Å². The molecule has 0 radical (unpaired) electrons. The molecule has 0 unspecified atom stereocenters. The summed E-state index contributed by atoms with van der Waals surface area (Å²) in [6, 6.07) is 0.380. The van der Waals surface area contributed by atoms with Gasteiger partial charge in [0.25, 0.3) is 0 Å². The Morgan fingerprint density at radius 2 is 2.47 bits per heavy atom. The van der Waals surface area contributed by atoms with Crippen LogP contribution in [0, 0.1) is 0 Å². The normalized spacial score (nSPS) is 29.6. The third-order valence-electron chi connectivity index (χ3n) is 3.27. The molecule has 5 heteroatoms. The fraction of sp³-hybridized carbons (Fsp3) is 0.917. The lowest BCUT2D eigenvalue weighted by Crippen LogP contribution is -2.52. The number of piperazine rings is 1. The van der Waals surface area contributed by atoms with Crippen LogP contribution in [0.15, 0.2) is 0 Å². The first kappa shape index (κ1) is 12.8. The molecule has 5 nitrogen and oxygen atoms in total. The minimum Gasteiger partial charge on any atom is -0.376 e. The van der Waals surface area contributed by atoms with E-state index in [2.05, 4.69) is 12.2 Å². The molecule has 2 aliphatic rings. The van der Waals surface area contributed by atoms with Gasteiger partial charge in [0.1, 0.15) is 6.61 Å². The summed E-state index contributed by atoms with van der Waals surface area (Å²) in [5.74, 6) is 0.0938. The van der Waals surface area contributed by atoms with Gasteiger partial charge in [-0.15, -0.1) is 0 Å². The molecule has 98 valence electrons. The summed E-state index contributed by atoms with van der Waals surface area (Å²) >= 11 is 0. The van der Waals surface area contributed by atoms with Gasteiger partial charge in [-0.2, -0.15) is 0 Å². The van der Waals surface area contributed by atoms with Crippen molar-refractivity contribution >= 4 is 5.91 Å². The predicted octanol–water partition coefficient (Wildman–Crippen LogP) is 0.00230. The van der Waals surface area contributed by atoms with Crippen LogP contribution in [0.3, 0.4) is 0 Å². The topological polar surface area (TPSA) is 50.8 Å². The minimum atomic E-state index is 0.0938. The second-order valence-electron chi connectivity index (χ2n) is 4.85. The minimum absolute atomic E-state index is 0.0938. The molecule has 0 aromatic carbocycles. The van der Waals surface area contributed by atoms with E-state index in [1.54, 1.807) is 0 Å². The van der Waals surface area contributed by atoms with Gasteiger partial charge in [-0.25, -0.2) is 0 Å². The maximum absolute atomic E-state index is 11.8. The van der Waals surface area contributed by atoms with Crippen molar-refractivity contribution in [1.82, 2.24) is 10.2 Å². The lowest BCUT2D eigenvalue weighted by molar-refractivity contribution is -0.138. The maximum atomic E-state index is 11.8. The fourth-order valence-electron chi connectivity index (χ4n) is 2.30. The van der Waals surface area contributed by atoms with E-state index >= 15 is 0 Å². The van der Waals surface area contributed by atoms with Gasteiger partial charge in [0.05, 0.1) is 12.7 Å². The Morgan fingerprint density at radius 1 is 1.59 bits per heavy atom. The molecule has 17 heavy (non-hydrogen) atoms. The zero-order chi connectivity index (χ0) is 12.1. The Balaban J connectivity index is 1.62. The second kappa shape index (κ2) is 6.33. The third-order valence-corrected chi connectivity index (χ3v) is 3.27. The molecular formula is C12H22N2O3. The van der Waals surface area contributed by atoms with Gasteiger partial charge in [-0.05, 0) is 19.8 Å². The number of hydrogen-bond donors (Lipinski definition) is 1. The van der Waals surface area contributed by atoms with Crippen molar-refractivity contribution in [3.63, 3.8) is 0 Å². The molecular weight excluding hydrogens is 220 g/mol. The Hall–Kier alpha value is -0.650. The van der Waals surface area contributed by atoms with Gasteiger partial charge in [-0.1, -0.05) is 0 Å². The fourth-order valence-corrected chi connectivity index (χ4v) is 2.30. The number of hydrogen-bond acceptors (Lipinski definition) is 4. The predicted molar refractivity (Wildman–Crippen MR) is 63.8 cm³/mol. The monoisotopic (exact) mass is 242 g/mol. The Morgan fingerprint density at radius 3 is 3.18 bits per heavy atom. The standard InChI is InChI=1S/C12H22N2O3/c1-10-7-14(5-4-13-10)12(15)9-16-8-11-3-2-6-17-11/h10-11,13H,2-9H2,1H3/t10-,11+/m0/s1. The first-order valence-electron chi connectivity index (χ1n) is 6.46. The summed E-state index contributed by atoms with van der Waals surface area (Å²) in [6.07, 6.45) is 2.36. The van der Waals surface area contributed by atoms with Crippen LogP contribution < -0.4 is 5.32 Å². The molecule has 0 bridgehead atoms. The van der Waals surface area contributed by atoms with Gasteiger partial charge < -0.3 is 19.7 Å². The highest BCUT2D eigenvalue weighted by Gasteiger charge is 2.21. The number of nitrogens with one attached hydrogen (secondary N) is 1. The molecule has 1 N–H and O–H groups in total. The molecule has 2 rings (SSSR count). The van der Waals surface area contributed by atoms with Crippen LogP contribution in [0.2, 0.25) is 0 Å². The van der Waals surface area contributed by atoms with Crippen LogP contribution in [0.25, 0.3) is 0 Å². The van der Waals surface area contributed by atoms with Crippen LogP contribution in [0.1, 0.15) is 19.8 Å². The van der Waals surface area contributed by atoms with Crippen LogP contribution in [-0.4, -0.2) is 62.4 Å². The number of carbonyl (C=O) groups is 1. The van der Waals surface area contributed by atoms with E-state index in [-0.39, 0.29) is 18.6 Å². The van der Waals surface area contributed by atoms with Crippen molar-refractivity contribution < 1.29 is 14.3 Å². The molecule has 2 atom stereocenters. The van der Waals surface area contributed by atoms with E-state index in [0.29, 0.717) is 12.6 Å². The number of amides is 1. The molecule has 0 aromatic heterocycles. The van der Waals surface area contributed by atoms with Crippen LogP contribution in [0.4, 0.5) is 0 Å². The highest BCUT2D eigenvalue weighted by Crippen LogP contribution is 2.11. The summed E-state index contributed by atoms with van der Waals surface area (Å²) < 4.78 is 10.9. The molecule has 0 saturated carbocycles. The van der Waals surface area contributed by atoms with Crippen molar-refractivity contribution in [2.45, 2.75) is 31.9 Å². The van der Waals surface area contributed by atoms with E-state index in [1.165, 1.54) is 0 Å². The molecule has 2 fully saturated rings. The van der Waals surface area contributed by atoms with Gasteiger partial charge in [0.2, 0.25) is 5.91 Å². The quantitative estimate of drug-likeness (QED) is 0.754. The first-order chi connectivity index (χ1) is 8.25. The van der Waals surface area contributed by atoms with E-state index in [1.807, 2.05) is 4.90 Å². The summed E-state index contributed by atoms with van der Waals surface area (Å²) in [7, 11) is 0. The van der Waals surface area contributed by atoms with Crippen molar-refractivity contribution in [3.8, 4) is 0 Å². The molecule has 1 amide bonds. The van der Waals surface area contributed by atoms with Gasteiger partial charge >= 0.3 is 0 Å². The Kier molecular flexibility index (Phi) is 4.76. The first-order valence-corrected chi connectivity index (χ1v) is 6.46. The molecule has 2 saturated heterocycles. The Bertz CT molecular complexity index is 254. The zero-order valence-electron chi connectivity index (χ0n) is 10.5. The van der Waals surface area contributed by atoms with Crippen LogP contribution >= 0.6 is 0 Å². The lowest BCUT2D eigenvalue weighted by atomic mass is 10.2. The highest BCUT2D eigenvalue weighted by atomic mass is 16.5. The second-order valence-corrected chi connectivity index (χ2v) is 4.85. The van der Waals surface area contributed by atoms with Crippen molar-refractivity contribution in [1.29, 1.82) is 0 Å². The lowest BCUT2D eigenvalue weighted by Gasteiger charge is -2.31. The van der Waals surface area contributed by atoms with E-state index in [4.69, 9.17) is 9.47 Å². The Labute approximate surface area is 102 Å². The number of nitrogens with zero attached hydrogens (tertiary/aromatic N) is 1. The largest absolute Gasteiger partial charge is 0.376 e. The van der Waals surface area contributed by atoms with Crippen molar-refractivity contribution in [2.75, 3.05) is 39.5 Å². The number of carbonyl (C=O) groups excluding carboxylic acids is 1. The average molecular weight is 242 g/mol. The summed E-state index contributed by atoms with van der Waals surface area (Å²) in [6.45, 7) is 6.09. The van der Waals surface area contributed by atoms with Crippen molar-refractivity contribution in [2.24, 2.45) is 0 Å². The molecule has 2 heterocycles. The van der Waals surface area contributed by atoms with Gasteiger partial charge in [0.15, 0.2) is 0 Å². The van der Waals surface area contributed by atoms with Gasteiger partial charge in [-0.3, -0.25) is 4.79 Å². The average Bonchev–Trinajstić information content (AvgIpc) is 2.82. The number of ether oxygens (including phenoxy) is 2. The summed E-state index contributed by atoms with van der Waals surface area (Å²) in [4.78, 5) is 13.7. The van der Waals surface area contributed by atoms with E-state index in [9.17, 15) is 4.79 Å². The molecule has 2 aliphatic heterocycles. The molecule has 0 spiro atoms. The summed E-state index contributed by atoms with van der Waals surface area (Å²) in [5.41, 5.74) is 0. The molecule has 0 aliphatic carbocycles. The van der Waals surface area contributed by atoms with Gasteiger partial charge in [0, 0.05) is 32.3 Å². The smallest absolute Gasteiger partial charge is 0.248 e. The third kappa shape index (κ3) is 3.94. The number of rotatable bonds is 4. The van der Waals surface area contributed by atoms with E-state index in [0.717, 1.165) is 39.1 Å². The highest BCUT2D eigenvalue weighted by molar-refractivity contribution is 5.77. The summed E-state index contributed by atoms with van der Waals surface area (Å²) in [5, 5.41) is 3.31. The maximum Gasteiger partial charge on any atom is 0.248 e.